The molecule has 11 heteroatoms. The predicted octanol–water partition coefficient (Wildman–Crippen LogP) is 5.43. The Hall–Kier alpha value is -4.21. The van der Waals surface area contributed by atoms with Gasteiger partial charge in [-0.2, -0.15) is 0 Å². The van der Waals surface area contributed by atoms with E-state index in [0.29, 0.717) is 17.0 Å². The van der Waals surface area contributed by atoms with Gasteiger partial charge in [-0.05, 0) is 48.0 Å². The molecule has 9 nitrogen and oxygen atoms in total. The highest BCUT2D eigenvalue weighted by molar-refractivity contribution is 6.52. The van der Waals surface area contributed by atoms with Gasteiger partial charge in [-0.25, -0.2) is 4.79 Å². The highest BCUT2D eigenvalue weighted by atomic mass is 35.5. The van der Waals surface area contributed by atoms with Gasteiger partial charge in [0.15, 0.2) is 11.5 Å². The minimum absolute atomic E-state index is 0.00608. The van der Waals surface area contributed by atoms with Gasteiger partial charge in [0.2, 0.25) is 0 Å². The second-order valence-corrected chi connectivity index (χ2v) is 9.06. The number of nitrogens with zero attached hydrogens (tertiary/aromatic N) is 1. The molecular weight excluding hydrogens is 549 g/mol. The maximum absolute atomic E-state index is 13.5. The Labute approximate surface area is 234 Å². The molecule has 1 amide bonds. The quantitative estimate of drug-likeness (QED) is 0.173. The fourth-order valence-electron chi connectivity index (χ4n) is 4.39. The summed E-state index contributed by atoms with van der Waals surface area (Å²) < 4.78 is 20.7. The van der Waals surface area contributed by atoms with Crippen LogP contribution in [0.1, 0.15) is 27.5 Å². The summed E-state index contributed by atoms with van der Waals surface area (Å²) >= 11 is 12.8. The van der Waals surface area contributed by atoms with Gasteiger partial charge in [-0.3, -0.25) is 14.5 Å². The molecule has 39 heavy (non-hydrogen) atoms. The summed E-state index contributed by atoms with van der Waals surface area (Å²) in [6.07, 6.45) is 0. The largest absolute Gasteiger partial charge is 0.507 e. The number of ether oxygens (including phenoxy) is 4. The van der Waals surface area contributed by atoms with Crippen LogP contribution in [0, 0.1) is 0 Å². The number of methoxy groups -OCH3 is 4. The van der Waals surface area contributed by atoms with Crippen LogP contribution < -0.4 is 19.1 Å². The summed E-state index contributed by atoms with van der Waals surface area (Å²) in [6, 6.07) is 12.9. The molecule has 1 saturated heterocycles. The number of hydrogen-bond acceptors (Lipinski definition) is 8. The summed E-state index contributed by atoms with van der Waals surface area (Å²) in [5.74, 6) is -2.41. The van der Waals surface area contributed by atoms with Crippen LogP contribution in [0.2, 0.25) is 10.0 Å². The molecule has 0 saturated carbocycles. The van der Waals surface area contributed by atoms with Gasteiger partial charge in [-0.1, -0.05) is 35.3 Å². The maximum Gasteiger partial charge on any atom is 0.337 e. The molecule has 1 fully saturated rings. The molecular formula is C28H23Cl2NO8. The number of carbonyl (C=O) groups is 3. The van der Waals surface area contributed by atoms with Crippen LogP contribution in [-0.4, -0.2) is 51.2 Å². The molecule has 1 aliphatic heterocycles. The van der Waals surface area contributed by atoms with E-state index < -0.39 is 29.5 Å². The Kier molecular flexibility index (Phi) is 8.03. The average Bonchev–Trinajstić information content (AvgIpc) is 3.22. The normalized spacial score (nSPS) is 16.3. The molecule has 1 unspecified atom stereocenters. The first-order chi connectivity index (χ1) is 18.7. The smallest absolute Gasteiger partial charge is 0.337 e. The second kappa shape index (κ2) is 11.3. The molecule has 0 spiro atoms. The third-order valence-electron chi connectivity index (χ3n) is 6.22. The third kappa shape index (κ3) is 4.86. The predicted molar refractivity (Wildman–Crippen MR) is 145 cm³/mol. The lowest BCUT2D eigenvalue weighted by Gasteiger charge is -2.26. The van der Waals surface area contributed by atoms with Gasteiger partial charge in [-0.15, -0.1) is 0 Å². The molecule has 0 aromatic heterocycles. The molecule has 1 aliphatic rings. The van der Waals surface area contributed by atoms with Crippen molar-refractivity contribution in [3.05, 3.63) is 86.9 Å². The van der Waals surface area contributed by atoms with Crippen LogP contribution in [0.3, 0.4) is 0 Å². The van der Waals surface area contributed by atoms with E-state index in [9.17, 15) is 19.5 Å². The highest BCUT2D eigenvalue weighted by Gasteiger charge is 2.47. The number of carbonyl (C=O) groups excluding carboxylic acids is 3. The van der Waals surface area contributed by atoms with Crippen molar-refractivity contribution in [3.8, 4) is 17.2 Å². The van der Waals surface area contributed by atoms with Crippen molar-refractivity contribution in [3.63, 3.8) is 0 Å². The molecule has 0 radical (unpaired) electrons. The number of amides is 1. The lowest BCUT2D eigenvalue weighted by Crippen LogP contribution is -2.29. The molecule has 0 aliphatic carbocycles. The minimum atomic E-state index is -1.09. The molecule has 3 aromatic rings. The molecule has 0 bridgehead atoms. The Bertz CT molecular complexity index is 1500. The fraction of sp³-hybridized carbons (Fsp3) is 0.179. The van der Waals surface area contributed by atoms with Crippen LogP contribution in [0.15, 0.2) is 60.2 Å². The van der Waals surface area contributed by atoms with Crippen molar-refractivity contribution >= 4 is 52.3 Å². The van der Waals surface area contributed by atoms with Crippen molar-refractivity contribution in [2.75, 3.05) is 33.3 Å². The van der Waals surface area contributed by atoms with E-state index in [1.54, 1.807) is 24.3 Å². The van der Waals surface area contributed by atoms with Gasteiger partial charge < -0.3 is 24.1 Å². The zero-order valence-corrected chi connectivity index (χ0v) is 22.8. The Morgan fingerprint density at radius 3 is 2.15 bits per heavy atom. The van der Waals surface area contributed by atoms with Crippen molar-refractivity contribution in [1.29, 1.82) is 0 Å². The van der Waals surface area contributed by atoms with E-state index >= 15 is 0 Å². The Morgan fingerprint density at radius 1 is 0.897 bits per heavy atom. The van der Waals surface area contributed by atoms with E-state index in [0.717, 1.165) is 0 Å². The number of hydrogen-bond donors (Lipinski definition) is 1. The van der Waals surface area contributed by atoms with E-state index in [1.165, 1.54) is 63.7 Å². The first kappa shape index (κ1) is 27.8. The first-order valence-corrected chi connectivity index (χ1v) is 12.2. The van der Waals surface area contributed by atoms with Crippen LogP contribution in [0.4, 0.5) is 5.69 Å². The summed E-state index contributed by atoms with van der Waals surface area (Å²) in [5, 5.41) is 11.6. The number of esters is 1. The minimum Gasteiger partial charge on any atom is -0.507 e. The van der Waals surface area contributed by atoms with E-state index in [-0.39, 0.29) is 38.2 Å². The van der Waals surface area contributed by atoms with Crippen LogP contribution in [0.25, 0.3) is 5.76 Å². The van der Waals surface area contributed by atoms with Crippen LogP contribution in [0.5, 0.6) is 17.2 Å². The SMILES string of the molecule is COC(=O)c1ccc(N2C(=O)C(=O)/C(=C(/O)c3cc(Cl)c(OC)c(Cl)c3OC)C2c2cccc(OC)c2)cc1. The second-order valence-electron chi connectivity index (χ2n) is 8.27. The van der Waals surface area contributed by atoms with Gasteiger partial charge >= 0.3 is 5.97 Å². The number of anilines is 1. The van der Waals surface area contributed by atoms with E-state index in [4.69, 9.17) is 42.1 Å². The lowest BCUT2D eigenvalue weighted by atomic mass is 9.94. The van der Waals surface area contributed by atoms with Gasteiger partial charge in [0.1, 0.15) is 16.5 Å². The number of halogens is 2. The topological polar surface area (TPSA) is 112 Å². The number of ketones is 1. The van der Waals surface area contributed by atoms with Crippen molar-refractivity contribution in [2.45, 2.75) is 6.04 Å². The van der Waals surface area contributed by atoms with Gasteiger partial charge in [0.25, 0.3) is 11.7 Å². The molecule has 3 aromatic carbocycles. The van der Waals surface area contributed by atoms with Gasteiger partial charge in [0.05, 0.1) is 56.2 Å². The molecule has 1 heterocycles. The maximum atomic E-state index is 13.5. The molecule has 1 N–H and O–H groups in total. The zero-order valence-electron chi connectivity index (χ0n) is 21.3. The monoisotopic (exact) mass is 571 g/mol. The number of benzene rings is 3. The average molecular weight is 572 g/mol. The summed E-state index contributed by atoms with van der Waals surface area (Å²) in [7, 11) is 5.43. The number of rotatable bonds is 7. The summed E-state index contributed by atoms with van der Waals surface area (Å²) in [4.78, 5) is 40.1. The Morgan fingerprint density at radius 2 is 1.56 bits per heavy atom. The van der Waals surface area contributed by atoms with Crippen molar-refractivity contribution < 1.29 is 38.4 Å². The fourth-order valence-corrected chi connectivity index (χ4v) is 5.08. The van der Waals surface area contributed by atoms with Crippen molar-refractivity contribution in [2.24, 2.45) is 0 Å². The van der Waals surface area contributed by atoms with Crippen LogP contribution >= 0.6 is 23.2 Å². The Balaban J connectivity index is 1.99. The van der Waals surface area contributed by atoms with Crippen LogP contribution in [-0.2, 0) is 14.3 Å². The zero-order chi connectivity index (χ0) is 28.4. The highest BCUT2D eigenvalue weighted by Crippen LogP contribution is 2.48. The summed E-state index contributed by atoms with van der Waals surface area (Å²) in [6.45, 7) is 0. The van der Waals surface area contributed by atoms with E-state index in [2.05, 4.69) is 0 Å². The molecule has 1 atom stereocenters. The van der Waals surface area contributed by atoms with Crippen molar-refractivity contribution in [1.82, 2.24) is 0 Å². The molecule has 4 rings (SSSR count). The van der Waals surface area contributed by atoms with E-state index in [1.807, 2.05) is 0 Å². The summed E-state index contributed by atoms with van der Waals surface area (Å²) in [5.41, 5.74) is 0.773. The van der Waals surface area contributed by atoms with Gasteiger partial charge in [0, 0.05) is 5.69 Å². The third-order valence-corrected chi connectivity index (χ3v) is 6.84. The molecule has 202 valence electrons. The lowest BCUT2D eigenvalue weighted by molar-refractivity contribution is -0.132. The number of Topliss-reactive ketones (excluding diaryl/α,β-unsaturated/α-hetero) is 1. The standard InChI is InChI=1S/C28H23Cl2NO8/c1-36-17-7-5-6-15(12-17)22-20(23(32)18-13-19(29)26(38-3)21(30)25(18)37-2)24(33)27(34)31(22)16-10-8-14(9-11-16)28(35)39-4/h5-13,22,32H,1-4H3/b23-20+. The first-order valence-electron chi connectivity index (χ1n) is 11.4. The number of aliphatic hydroxyl groups excluding tert-OH is 1. The number of aliphatic hydroxyl groups is 1.